The van der Waals surface area contributed by atoms with E-state index in [4.69, 9.17) is 19.3 Å². The second-order valence-corrected chi connectivity index (χ2v) is 8.50. The van der Waals surface area contributed by atoms with Crippen LogP contribution >= 0.6 is 0 Å². The summed E-state index contributed by atoms with van der Waals surface area (Å²) in [5, 5.41) is 4.74. The van der Waals surface area contributed by atoms with Crippen LogP contribution in [-0.4, -0.2) is 79.1 Å². The summed E-state index contributed by atoms with van der Waals surface area (Å²) < 4.78 is 18.3. The number of methoxy groups -OCH3 is 2. The first kappa shape index (κ1) is 22.6. The molecule has 1 aromatic heterocycles. The van der Waals surface area contributed by atoms with Gasteiger partial charge in [0.15, 0.2) is 17.2 Å². The predicted molar refractivity (Wildman–Crippen MR) is 121 cm³/mol. The van der Waals surface area contributed by atoms with Crippen molar-refractivity contribution in [3.8, 4) is 11.5 Å². The van der Waals surface area contributed by atoms with Gasteiger partial charge >= 0.3 is 0 Å². The number of hydrogen-bond acceptors (Lipinski definition) is 6. The first-order valence-electron chi connectivity index (χ1n) is 11.4. The van der Waals surface area contributed by atoms with Gasteiger partial charge in [0, 0.05) is 43.5 Å². The van der Waals surface area contributed by atoms with Crippen molar-refractivity contribution in [2.75, 3.05) is 47.6 Å². The zero-order chi connectivity index (χ0) is 22.7. The number of likely N-dealkylation sites (N-methyl/N-ethyl adjacent to an activating group) is 1. The van der Waals surface area contributed by atoms with Crippen LogP contribution in [0, 0.1) is 0 Å². The largest absolute Gasteiger partial charge is 0.493 e. The van der Waals surface area contributed by atoms with Crippen LogP contribution in [0.5, 0.6) is 11.5 Å². The lowest BCUT2D eigenvalue weighted by Gasteiger charge is -2.32. The number of aromatic nitrogens is 2. The van der Waals surface area contributed by atoms with Crippen LogP contribution in [0.25, 0.3) is 0 Å². The Bertz CT molecular complexity index is 952. The number of carbonyl (C=O) groups excluding carboxylic acids is 1. The van der Waals surface area contributed by atoms with Crippen molar-refractivity contribution in [2.24, 2.45) is 0 Å². The molecule has 8 heteroatoms. The van der Waals surface area contributed by atoms with Crippen molar-refractivity contribution in [1.82, 2.24) is 19.6 Å². The van der Waals surface area contributed by atoms with Crippen LogP contribution in [0.1, 0.15) is 40.7 Å². The number of carbonyl (C=O) groups is 1. The number of aryl methyl sites for hydroxylation is 1. The highest BCUT2D eigenvalue weighted by Crippen LogP contribution is 2.31. The molecular formula is C24H34N4O4. The van der Waals surface area contributed by atoms with E-state index in [1.165, 1.54) is 11.3 Å². The third-order valence-electron chi connectivity index (χ3n) is 6.62. The Morgan fingerprint density at radius 3 is 2.66 bits per heavy atom. The molecule has 8 nitrogen and oxygen atoms in total. The van der Waals surface area contributed by atoms with Gasteiger partial charge in [0.2, 0.25) is 0 Å². The molecule has 1 aromatic carbocycles. The minimum atomic E-state index is 0.0416. The molecule has 4 rings (SSSR count). The van der Waals surface area contributed by atoms with E-state index in [0.717, 1.165) is 49.4 Å². The van der Waals surface area contributed by atoms with Crippen molar-refractivity contribution in [3.63, 3.8) is 0 Å². The van der Waals surface area contributed by atoms with Gasteiger partial charge in [0.05, 0.1) is 27.4 Å². The standard InChI is InChI=1S/C24H34N4O4/c1-5-28-20-8-7-18(26(2)16-17-6-9-21(30-3)22(14-17)31-4)15-19(20)23(25-28)24(29)27-10-12-32-13-11-27/h6,9,14,18H,5,7-8,10-13,15-16H2,1-4H3/t18-/m0/s1. The lowest BCUT2D eigenvalue weighted by Crippen LogP contribution is -2.42. The maximum atomic E-state index is 13.3. The summed E-state index contributed by atoms with van der Waals surface area (Å²) in [5.74, 6) is 1.52. The molecule has 0 bridgehead atoms. The third kappa shape index (κ3) is 4.47. The van der Waals surface area contributed by atoms with Gasteiger partial charge in [-0.15, -0.1) is 0 Å². The van der Waals surface area contributed by atoms with Gasteiger partial charge in [-0.2, -0.15) is 5.10 Å². The third-order valence-corrected chi connectivity index (χ3v) is 6.62. The van der Waals surface area contributed by atoms with E-state index in [9.17, 15) is 4.79 Å². The van der Waals surface area contributed by atoms with Crippen molar-refractivity contribution >= 4 is 5.91 Å². The average Bonchev–Trinajstić information content (AvgIpc) is 3.22. The van der Waals surface area contributed by atoms with E-state index < -0.39 is 0 Å². The summed E-state index contributed by atoms with van der Waals surface area (Å²) in [6, 6.07) is 6.41. The van der Waals surface area contributed by atoms with Gasteiger partial charge in [-0.25, -0.2) is 0 Å². The molecule has 1 amide bonds. The Labute approximate surface area is 190 Å². The summed E-state index contributed by atoms with van der Waals surface area (Å²) in [6.45, 7) is 6.13. The topological polar surface area (TPSA) is 69.1 Å². The van der Waals surface area contributed by atoms with Crippen LogP contribution in [0.3, 0.4) is 0 Å². The number of morpholine rings is 1. The number of hydrogen-bond donors (Lipinski definition) is 0. The molecule has 0 saturated carbocycles. The molecular weight excluding hydrogens is 408 g/mol. The number of ether oxygens (including phenoxy) is 3. The van der Waals surface area contributed by atoms with Gasteiger partial charge in [-0.05, 0) is 50.9 Å². The highest BCUT2D eigenvalue weighted by atomic mass is 16.5. The molecule has 1 atom stereocenters. The first-order valence-corrected chi connectivity index (χ1v) is 11.4. The molecule has 1 aliphatic heterocycles. The Kier molecular flexibility index (Phi) is 7.01. The lowest BCUT2D eigenvalue weighted by molar-refractivity contribution is 0.0297. The number of rotatable bonds is 7. The number of amides is 1. The fourth-order valence-electron chi connectivity index (χ4n) is 4.79. The van der Waals surface area contributed by atoms with Crippen LogP contribution in [0.15, 0.2) is 18.2 Å². The zero-order valence-corrected chi connectivity index (χ0v) is 19.6. The Balaban J connectivity index is 1.52. The van der Waals surface area contributed by atoms with Crippen LogP contribution < -0.4 is 9.47 Å². The Hall–Kier alpha value is -2.58. The molecule has 174 valence electrons. The van der Waals surface area contributed by atoms with Crippen molar-refractivity contribution in [3.05, 3.63) is 40.7 Å². The second kappa shape index (κ2) is 9.92. The molecule has 1 fully saturated rings. The van der Waals surface area contributed by atoms with Crippen LogP contribution in [-0.2, 0) is 30.7 Å². The van der Waals surface area contributed by atoms with Gasteiger partial charge in [0.1, 0.15) is 0 Å². The molecule has 1 saturated heterocycles. The minimum absolute atomic E-state index is 0.0416. The predicted octanol–water partition coefficient (Wildman–Crippen LogP) is 2.38. The van der Waals surface area contributed by atoms with Crippen molar-refractivity contribution in [1.29, 1.82) is 0 Å². The summed E-state index contributed by atoms with van der Waals surface area (Å²) in [6.07, 6.45) is 2.83. The molecule has 2 aromatic rings. The minimum Gasteiger partial charge on any atom is -0.493 e. The van der Waals surface area contributed by atoms with E-state index in [2.05, 4.69) is 24.9 Å². The maximum absolute atomic E-state index is 13.3. The monoisotopic (exact) mass is 442 g/mol. The number of fused-ring (bicyclic) bond motifs is 1. The average molecular weight is 443 g/mol. The Morgan fingerprint density at radius 1 is 1.22 bits per heavy atom. The molecule has 0 N–H and O–H groups in total. The van der Waals surface area contributed by atoms with E-state index in [-0.39, 0.29) is 5.91 Å². The van der Waals surface area contributed by atoms with E-state index in [1.54, 1.807) is 14.2 Å². The molecule has 32 heavy (non-hydrogen) atoms. The van der Waals surface area contributed by atoms with Gasteiger partial charge in [-0.3, -0.25) is 14.4 Å². The van der Waals surface area contributed by atoms with Gasteiger partial charge in [0.25, 0.3) is 5.91 Å². The smallest absolute Gasteiger partial charge is 0.274 e. The van der Waals surface area contributed by atoms with Gasteiger partial charge < -0.3 is 19.1 Å². The quantitative estimate of drug-likeness (QED) is 0.656. The summed E-state index contributed by atoms with van der Waals surface area (Å²) in [4.78, 5) is 17.5. The van der Waals surface area contributed by atoms with E-state index in [1.807, 2.05) is 21.7 Å². The highest BCUT2D eigenvalue weighted by molar-refractivity contribution is 5.94. The van der Waals surface area contributed by atoms with Crippen LogP contribution in [0.2, 0.25) is 0 Å². The molecule has 0 spiro atoms. The molecule has 2 heterocycles. The molecule has 0 radical (unpaired) electrons. The second-order valence-electron chi connectivity index (χ2n) is 8.50. The maximum Gasteiger partial charge on any atom is 0.274 e. The van der Waals surface area contributed by atoms with Crippen molar-refractivity contribution < 1.29 is 19.0 Å². The van der Waals surface area contributed by atoms with Crippen LogP contribution in [0.4, 0.5) is 0 Å². The Morgan fingerprint density at radius 2 is 1.97 bits per heavy atom. The fourth-order valence-corrected chi connectivity index (χ4v) is 4.79. The highest BCUT2D eigenvalue weighted by Gasteiger charge is 2.32. The molecule has 0 unspecified atom stereocenters. The summed E-state index contributed by atoms with van der Waals surface area (Å²) in [5.41, 5.74) is 4.15. The number of benzene rings is 1. The number of nitrogens with zero attached hydrogens (tertiary/aromatic N) is 4. The zero-order valence-electron chi connectivity index (χ0n) is 19.6. The summed E-state index contributed by atoms with van der Waals surface area (Å²) in [7, 11) is 5.46. The van der Waals surface area contributed by atoms with E-state index >= 15 is 0 Å². The van der Waals surface area contributed by atoms with Crippen molar-refractivity contribution in [2.45, 2.75) is 45.3 Å². The molecule has 2 aliphatic rings. The first-order chi connectivity index (χ1) is 15.5. The fraction of sp³-hybridized carbons (Fsp3) is 0.583. The van der Waals surface area contributed by atoms with E-state index in [0.29, 0.717) is 38.0 Å². The normalized spacial score (nSPS) is 18.5. The molecule has 1 aliphatic carbocycles. The SMILES string of the molecule is CCn1nc(C(=O)N2CCOCC2)c2c1CC[C@H](N(C)Cc1ccc(OC)c(OC)c1)C2. The van der Waals surface area contributed by atoms with Gasteiger partial charge in [-0.1, -0.05) is 6.07 Å². The summed E-state index contributed by atoms with van der Waals surface area (Å²) >= 11 is 0. The lowest BCUT2D eigenvalue weighted by atomic mass is 9.90.